The van der Waals surface area contributed by atoms with Crippen molar-refractivity contribution in [3.63, 3.8) is 0 Å². The molecule has 0 N–H and O–H groups in total. The molecular formula is C13H12N2O6. The lowest BCUT2D eigenvalue weighted by Crippen LogP contribution is -2.11. The Morgan fingerprint density at radius 3 is 2.67 bits per heavy atom. The van der Waals surface area contributed by atoms with Gasteiger partial charge in [0.2, 0.25) is 0 Å². The number of nitrogens with zero attached hydrogens (tertiary/aromatic N) is 2. The maximum Gasteiger partial charge on any atom is 0.339 e. The standard InChI is InChI=1S/C13H12N2O6/c1-2-20-12(16)8-10-7-9(13(17)21-6-5-14)3-4-11(10)15(18)19/h3-4,7H,2,6,8H2,1H3. The molecule has 8 nitrogen and oxygen atoms in total. The van der Waals surface area contributed by atoms with Crippen LogP contribution >= 0.6 is 0 Å². The van der Waals surface area contributed by atoms with E-state index >= 15 is 0 Å². The third-order valence-electron chi connectivity index (χ3n) is 2.42. The molecule has 0 radical (unpaired) electrons. The van der Waals surface area contributed by atoms with Crippen LogP contribution in [0.25, 0.3) is 0 Å². The fraction of sp³-hybridized carbons (Fsp3) is 0.308. The minimum atomic E-state index is -0.795. The molecule has 0 heterocycles. The maximum absolute atomic E-state index is 11.6. The Morgan fingerprint density at radius 1 is 1.38 bits per heavy atom. The molecule has 0 aliphatic heterocycles. The van der Waals surface area contributed by atoms with E-state index in [1.807, 2.05) is 0 Å². The zero-order valence-electron chi connectivity index (χ0n) is 11.2. The van der Waals surface area contributed by atoms with Crippen molar-refractivity contribution in [2.45, 2.75) is 13.3 Å². The van der Waals surface area contributed by atoms with Crippen LogP contribution in [0.2, 0.25) is 0 Å². The van der Waals surface area contributed by atoms with E-state index in [9.17, 15) is 19.7 Å². The Kier molecular flexibility index (Phi) is 5.82. The molecule has 0 aliphatic rings. The Hall–Kier alpha value is -2.95. The molecule has 0 aromatic heterocycles. The Morgan fingerprint density at radius 2 is 2.10 bits per heavy atom. The summed E-state index contributed by atoms with van der Waals surface area (Å²) >= 11 is 0. The van der Waals surface area contributed by atoms with Crippen LogP contribution in [-0.2, 0) is 20.7 Å². The number of hydrogen-bond donors (Lipinski definition) is 0. The van der Waals surface area contributed by atoms with E-state index in [2.05, 4.69) is 4.74 Å². The van der Waals surface area contributed by atoms with Crippen molar-refractivity contribution in [2.75, 3.05) is 13.2 Å². The van der Waals surface area contributed by atoms with Gasteiger partial charge in [-0.2, -0.15) is 5.26 Å². The highest BCUT2D eigenvalue weighted by Gasteiger charge is 2.20. The average Bonchev–Trinajstić information content (AvgIpc) is 2.44. The zero-order chi connectivity index (χ0) is 15.8. The van der Waals surface area contributed by atoms with Crippen LogP contribution in [0.1, 0.15) is 22.8 Å². The molecule has 21 heavy (non-hydrogen) atoms. The van der Waals surface area contributed by atoms with Crippen LogP contribution < -0.4 is 0 Å². The van der Waals surface area contributed by atoms with Gasteiger partial charge in [0.05, 0.1) is 23.5 Å². The molecule has 0 saturated heterocycles. The molecule has 0 spiro atoms. The van der Waals surface area contributed by atoms with Crippen molar-refractivity contribution < 1.29 is 24.0 Å². The first-order valence-electron chi connectivity index (χ1n) is 5.96. The number of carbonyl (C=O) groups is 2. The summed E-state index contributed by atoms with van der Waals surface area (Å²) < 4.78 is 9.32. The van der Waals surface area contributed by atoms with Crippen molar-refractivity contribution in [1.82, 2.24) is 0 Å². The summed E-state index contributed by atoms with van der Waals surface area (Å²) in [5, 5.41) is 19.2. The third kappa shape index (κ3) is 4.58. The molecule has 1 rings (SSSR count). The molecule has 1 aromatic carbocycles. The second kappa shape index (κ2) is 7.59. The molecule has 110 valence electrons. The molecule has 8 heteroatoms. The first kappa shape index (κ1) is 16.1. The molecular weight excluding hydrogens is 280 g/mol. The number of nitriles is 1. The summed E-state index contributed by atoms with van der Waals surface area (Å²) in [6.45, 7) is 1.33. The summed E-state index contributed by atoms with van der Waals surface area (Å²) in [5.74, 6) is -1.43. The number of hydrogen-bond acceptors (Lipinski definition) is 7. The molecule has 0 bridgehead atoms. The van der Waals surface area contributed by atoms with Crippen LogP contribution in [0.4, 0.5) is 5.69 Å². The SMILES string of the molecule is CCOC(=O)Cc1cc(C(=O)OCC#N)ccc1[N+](=O)[O-]. The Bertz CT molecular complexity index is 605. The number of ether oxygens (including phenoxy) is 2. The van der Waals surface area contributed by atoms with E-state index in [1.165, 1.54) is 12.1 Å². The van der Waals surface area contributed by atoms with Gasteiger partial charge in [0.15, 0.2) is 6.61 Å². The maximum atomic E-state index is 11.6. The van der Waals surface area contributed by atoms with Crippen molar-refractivity contribution in [1.29, 1.82) is 5.26 Å². The van der Waals surface area contributed by atoms with Crippen molar-refractivity contribution in [3.05, 3.63) is 39.4 Å². The highest BCUT2D eigenvalue weighted by atomic mass is 16.6. The van der Waals surface area contributed by atoms with Gasteiger partial charge < -0.3 is 9.47 Å². The molecule has 0 saturated carbocycles. The van der Waals surface area contributed by atoms with Gasteiger partial charge in [-0.15, -0.1) is 0 Å². The van der Waals surface area contributed by atoms with E-state index in [0.717, 1.165) is 6.07 Å². The molecule has 0 aliphatic carbocycles. The lowest BCUT2D eigenvalue weighted by Gasteiger charge is -2.06. The summed E-state index contributed by atoms with van der Waals surface area (Å²) in [6, 6.07) is 5.13. The monoisotopic (exact) mass is 292 g/mol. The van der Waals surface area contributed by atoms with Gasteiger partial charge >= 0.3 is 11.9 Å². The summed E-state index contributed by atoms with van der Waals surface area (Å²) in [5.41, 5.74) is -0.222. The minimum Gasteiger partial charge on any atom is -0.466 e. The molecule has 1 aromatic rings. The first-order chi connectivity index (χ1) is 9.99. The van der Waals surface area contributed by atoms with Crippen molar-refractivity contribution >= 4 is 17.6 Å². The lowest BCUT2D eigenvalue weighted by atomic mass is 10.1. The predicted octanol–water partition coefficient (Wildman–Crippen LogP) is 1.38. The van der Waals surface area contributed by atoms with Gasteiger partial charge in [-0.1, -0.05) is 0 Å². The topological polar surface area (TPSA) is 120 Å². The number of nitro groups is 1. The second-order valence-electron chi connectivity index (χ2n) is 3.82. The summed E-state index contributed by atoms with van der Waals surface area (Å²) in [4.78, 5) is 33.3. The number of nitro benzene ring substituents is 1. The van der Waals surface area contributed by atoms with E-state index < -0.39 is 23.5 Å². The minimum absolute atomic E-state index is 0.0233. The zero-order valence-corrected chi connectivity index (χ0v) is 11.2. The smallest absolute Gasteiger partial charge is 0.339 e. The summed E-state index contributed by atoms with van der Waals surface area (Å²) in [7, 11) is 0. The molecule has 0 atom stereocenters. The fourth-order valence-electron chi connectivity index (χ4n) is 1.58. The number of esters is 2. The van der Waals surface area contributed by atoms with Gasteiger partial charge in [-0.25, -0.2) is 4.79 Å². The number of rotatable bonds is 6. The van der Waals surface area contributed by atoms with Crippen LogP contribution in [0.3, 0.4) is 0 Å². The first-order valence-corrected chi connectivity index (χ1v) is 5.96. The normalized spacial score (nSPS) is 9.52. The number of carbonyl (C=O) groups excluding carboxylic acids is 2. The quantitative estimate of drug-likeness (QED) is 0.441. The molecule has 0 amide bonds. The Labute approximate surface area is 120 Å². The molecule has 0 fully saturated rings. The second-order valence-corrected chi connectivity index (χ2v) is 3.82. The van der Waals surface area contributed by atoms with Gasteiger partial charge in [0.1, 0.15) is 6.07 Å². The van der Waals surface area contributed by atoms with Gasteiger partial charge in [0.25, 0.3) is 5.69 Å². The van der Waals surface area contributed by atoms with E-state index in [4.69, 9.17) is 10.00 Å². The predicted molar refractivity (Wildman–Crippen MR) is 69.3 cm³/mol. The van der Waals surface area contributed by atoms with Crippen molar-refractivity contribution in [3.8, 4) is 6.07 Å². The van der Waals surface area contributed by atoms with Gasteiger partial charge in [-0.3, -0.25) is 14.9 Å². The van der Waals surface area contributed by atoms with Crippen LogP contribution in [0.15, 0.2) is 18.2 Å². The summed E-state index contributed by atoms with van der Waals surface area (Å²) in [6.07, 6.45) is -0.330. The van der Waals surface area contributed by atoms with Crippen molar-refractivity contribution in [2.24, 2.45) is 0 Å². The lowest BCUT2D eigenvalue weighted by molar-refractivity contribution is -0.385. The van der Waals surface area contributed by atoms with E-state index in [0.29, 0.717) is 0 Å². The largest absolute Gasteiger partial charge is 0.466 e. The van der Waals surface area contributed by atoms with E-state index in [1.54, 1.807) is 13.0 Å². The average molecular weight is 292 g/mol. The highest BCUT2D eigenvalue weighted by Crippen LogP contribution is 2.21. The van der Waals surface area contributed by atoms with Gasteiger partial charge in [0, 0.05) is 11.6 Å². The molecule has 0 unspecified atom stereocenters. The fourth-order valence-corrected chi connectivity index (χ4v) is 1.58. The third-order valence-corrected chi connectivity index (χ3v) is 2.42. The number of benzene rings is 1. The highest BCUT2D eigenvalue weighted by molar-refractivity contribution is 5.90. The van der Waals surface area contributed by atoms with E-state index in [-0.39, 0.29) is 29.8 Å². The van der Waals surface area contributed by atoms with Crippen LogP contribution in [-0.4, -0.2) is 30.1 Å². The van der Waals surface area contributed by atoms with Crippen LogP contribution in [0.5, 0.6) is 0 Å². The van der Waals surface area contributed by atoms with Crippen LogP contribution in [0, 0.1) is 21.4 Å². The Balaban J connectivity index is 3.06. The van der Waals surface area contributed by atoms with Gasteiger partial charge in [-0.05, 0) is 19.1 Å².